The normalized spacial score (nSPS) is 10.6. The largest absolute Gasteiger partial charge is 0.493 e. The lowest BCUT2D eigenvalue weighted by Crippen LogP contribution is -2.09. The van der Waals surface area contributed by atoms with E-state index in [1.165, 1.54) is 0 Å². The number of furan rings is 1. The summed E-state index contributed by atoms with van der Waals surface area (Å²) in [5.74, 6) is 0.906. The zero-order valence-electron chi connectivity index (χ0n) is 19.0. The van der Waals surface area contributed by atoms with Crippen molar-refractivity contribution in [3.05, 3.63) is 78.1 Å². The highest BCUT2D eigenvalue weighted by molar-refractivity contribution is 5.91. The highest BCUT2D eigenvalue weighted by Gasteiger charge is 2.16. The Labute approximate surface area is 197 Å². The maximum absolute atomic E-state index is 11.9. The predicted octanol–water partition coefficient (Wildman–Crippen LogP) is 5.36. The first-order valence-electron chi connectivity index (χ1n) is 10.9. The molecule has 0 unspecified atom stereocenters. The number of hydrogen-bond acceptors (Lipinski definition) is 6. The molecule has 174 valence electrons. The number of nitrogens with one attached hydrogen (secondary N) is 1. The molecule has 1 heterocycles. The topological polar surface area (TPSA) is 87.0 Å². The zero-order chi connectivity index (χ0) is 23.9. The van der Waals surface area contributed by atoms with Gasteiger partial charge in [0.1, 0.15) is 12.4 Å². The summed E-state index contributed by atoms with van der Waals surface area (Å²) in [5.41, 5.74) is 4.73. The quantitative estimate of drug-likeness (QED) is 0.254. The van der Waals surface area contributed by atoms with Gasteiger partial charge in [0, 0.05) is 22.2 Å². The molecular formula is C27H25NO6. The molecule has 0 bridgehead atoms. The van der Waals surface area contributed by atoms with E-state index in [1.807, 2.05) is 60.7 Å². The van der Waals surface area contributed by atoms with E-state index in [-0.39, 0.29) is 19.0 Å². The molecule has 4 aromatic rings. The Morgan fingerprint density at radius 3 is 2.65 bits per heavy atom. The molecule has 1 amide bonds. The van der Waals surface area contributed by atoms with Gasteiger partial charge in [0.15, 0.2) is 11.3 Å². The number of carbonyl (C=O) groups is 2. The molecule has 7 heteroatoms. The van der Waals surface area contributed by atoms with Gasteiger partial charge < -0.3 is 23.9 Å². The van der Waals surface area contributed by atoms with Gasteiger partial charge in [-0.25, -0.2) is 0 Å². The molecule has 7 nitrogen and oxygen atoms in total. The molecule has 3 aromatic carbocycles. The Kier molecular flexibility index (Phi) is 7.13. The zero-order valence-corrected chi connectivity index (χ0v) is 19.0. The van der Waals surface area contributed by atoms with Crippen LogP contribution in [0.2, 0.25) is 0 Å². The van der Waals surface area contributed by atoms with Gasteiger partial charge in [-0.2, -0.15) is 0 Å². The predicted molar refractivity (Wildman–Crippen MR) is 129 cm³/mol. The van der Waals surface area contributed by atoms with E-state index in [2.05, 4.69) is 5.32 Å². The molecule has 0 atom stereocenters. The van der Waals surface area contributed by atoms with Crippen molar-refractivity contribution in [3.8, 4) is 22.6 Å². The Morgan fingerprint density at radius 1 is 1.00 bits per heavy atom. The van der Waals surface area contributed by atoms with Gasteiger partial charge >= 0.3 is 5.97 Å². The smallest absolute Gasteiger partial charge is 0.310 e. The van der Waals surface area contributed by atoms with Crippen LogP contribution >= 0.6 is 0 Å². The number of anilines is 1. The minimum absolute atomic E-state index is 0.138. The second kappa shape index (κ2) is 10.6. The Bertz CT molecular complexity index is 1310. The number of para-hydroxylation sites is 1. The molecule has 0 aliphatic rings. The lowest BCUT2D eigenvalue weighted by atomic mass is 10.0. The van der Waals surface area contributed by atoms with Gasteiger partial charge in [-0.3, -0.25) is 9.59 Å². The molecule has 0 fully saturated rings. The van der Waals surface area contributed by atoms with Gasteiger partial charge in [-0.15, -0.1) is 0 Å². The second-order valence-electron chi connectivity index (χ2n) is 7.54. The van der Waals surface area contributed by atoms with Crippen LogP contribution in [-0.2, 0) is 27.4 Å². The average molecular weight is 459 g/mol. The van der Waals surface area contributed by atoms with Crippen molar-refractivity contribution in [2.24, 2.45) is 0 Å². The van der Waals surface area contributed by atoms with E-state index >= 15 is 0 Å². The average Bonchev–Trinajstić information content (AvgIpc) is 3.26. The number of amides is 1. The highest BCUT2D eigenvalue weighted by Crippen LogP contribution is 2.36. The maximum atomic E-state index is 11.9. The summed E-state index contributed by atoms with van der Waals surface area (Å²) in [4.78, 5) is 22.8. The number of fused-ring (bicyclic) bond motifs is 1. The molecule has 0 aliphatic carbocycles. The number of rotatable bonds is 10. The summed E-state index contributed by atoms with van der Waals surface area (Å²) in [7, 11) is 1.59. The Hall–Kier alpha value is -4.26. The lowest BCUT2D eigenvalue weighted by Gasteiger charge is -2.11. The number of benzene rings is 3. The third kappa shape index (κ3) is 5.04. The van der Waals surface area contributed by atoms with Crippen LogP contribution in [0.3, 0.4) is 0 Å². The van der Waals surface area contributed by atoms with E-state index in [0.29, 0.717) is 35.8 Å². The molecule has 0 radical (unpaired) electrons. The summed E-state index contributed by atoms with van der Waals surface area (Å²) >= 11 is 0. The van der Waals surface area contributed by atoms with Crippen molar-refractivity contribution in [3.63, 3.8) is 0 Å². The van der Waals surface area contributed by atoms with Gasteiger partial charge in [0.25, 0.3) is 0 Å². The van der Waals surface area contributed by atoms with E-state index < -0.39 is 0 Å². The van der Waals surface area contributed by atoms with Crippen LogP contribution < -0.4 is 14.8 Å². The molecule has 0 aliphatic heterocycles. The number of methoxy groups -OCH3 is 1. The molecule has 0 saturated carbocycles. The van der Waals surface area contributed by atoms with Crippen molar-refractivity contribution in [2.45, 2.75) is 20.0 Å². The Morgan fingerprint density at radius 2 is 1.85 bits per heavy atom. The van der Waals surface area contributed by atoms with Crippen molar-refractivity contribution in [2.75, 3.05) is 19.0 Å². The minimum atomic E-state index is -0.298. The van der Waals surface area contributed by atoms with E-state index in [0.717, 1.165) is 27.6 Å². The van der Waals surface area contributed by atoms with Crippen LogP contribution in [0.25, 0.3) is 22.1 Å². The fourth-order valence-corrected chi connectivity index (χ4v) is 3.76. The van der Waals surface area contributed by atoms with E-state index in [4.69, 9.17) is 18.6 Å². The molecule has 1 aromatic heterocycles. The summed E-state index contributed by atoms with van der Waals surface area (Å²) < 4.78 is 22.5. The van der Waals surface area contributed by atoms with Crippen molar-refractivity contribution in [1.82, 2.24) is 0 Å². The van der Waals surface area contributed by atoms with Crippen LogP contribution in [0.15, 0.2) is 71.3 Å². The van der Waals surface area contributed by atoms with Crippen LogP contribution in [0.4, 0.5) is 5.69 Å². The van der Waals surface area contributed by atoms with E-state index in [9.17, 15) is 9.59 Å². The third-order valence-electron chi connectivity index (χ3n) is 5.36. The monoisotopic (exact) mass is 459 g/mol. The molecule has 4 rings (SSSR count). The van der Waals surface area contributed by atoms with Gasteiger partial charge in [0.05, 0.1) is 26.4 Å². The molecule has 1 N–H and O–H groups in total. The number of ether oxygens (including phenoxy) is 3. The molecule has 34 heavy (non-hydrogen) atoms. The molecule has 0 saturated heterocycles. The van der Waals surface area contributed by atoms with Crippen LogP contribution in [0.1, 0.15) is 18.1 Å². The van der Waals surface area contributed by atoms with Crippen LogP contribution in [-0.4, -0.2) is 26.1 Å². The summed E-state index contributed by atoms with van der Waals surface area (Å²) in [6.45, 7) is 2.36. The fraction of sp³-hybridized carbons (Fsp3) is 0.185. The SMILES string of the molecule is CCOC(=O)Cc1ccccc1OCc1coc2c(OC)cc(-c3cccc(NC=O)c3)cc12. The van der Waals surface area contributed by atoms with Gasteiger partial charge in [-0.05, 0) is 48.4 Å². The first-order valence-corrected chi connectivity index (χ1v) is 10.9. The van der Waals surface area contributed by atoms with E-state index in [1.54, 1.807) is 20.3 Å². The summed E-state index contributed by atoms with van der Waals surface area (Å²) in [5, 5.41) is 3.52. The van der Waals surface area contributed by atoms with Crippen LogP contribution in [0.5, 0.6) is 11.5 Å². The first-order chi connectivity index (χ1) is 16.6. The number of esters is 1. The number of carbonyl (C=O) groups excluding carboxylic acids is 2. The van der Waals surface area contributed by atoms with Crippen molar-refractivity contribution >= 4 is 29.0 Å². The van der Waals surface area contributed by atoms with Gasteiger partial charge in [-0.1, -0.05) is 30.3 Å². The van der Waals surface area contributed by atoms with Crippen molar-refractivity contribution in [1.29, 1.82) is 0 Å². The minimum Gasteiger partial charge on any atom is -0.493 e. The summed E-state index contributed by atoms with van der Waals surface area (Å²) in [6.07, 6.45) is 2.43. The highest BCUT2D eigenvalue weighted by atomic mass is 16.5. The standard InChI is InChI=1S/C27H25NO6/c1-3-32-26(30)14-19-7-4-5-10-24(19)33-15-21-16-34-27-23(21)12-20(13-25(27)31-2)18-8-6-9-22(11-18)28-17-29/h4-13,16-17H,3,14-15H2,1-2H3,(H,28,29). The maximum Gasteiger partial charge on any atom is 0.310 e. The second-order valence-corrected chi connectivity index (χ2v) is 7.54. The molecular weight excluding hydrogens is 434 g/mol. The van der Waals surface area contributed by atoms with Gasteiger partial charge in [0.2, 0.25) is 6.41 Å². The molecule has 0 spiro atoms. The number of hydrogen-bond donors (Lipinski definition) is 1. The fourth-order valence-electron chi connectivity index (χ4n) is 3.76. The Balaban J connectivity index is 1.64. The summed E-state index contributed by atoms with van der Waals surface area (Å²) in [6, 6.07) is 18.8. The van der Waals surface area contributed by atoms with Crippen LogP contribution in [0, 0.1) is 0 Å². The third-order valence-corrected chi connectivity index (χ3v) is 5.36. The first kappa shape index (κ1) is 22.9. The van der Waals surface area contributed by atoms with Crippen molar-refractivity contribution < 1.29 is 28.2 Å². The lowest BCUT2D eigenvalue weighted by molar-refractivity contribution is -0.142.